The largest absolute Gasteiger partial charge is 0.374 e. The van der Waals surface area contributed by atoms with Crippen LogP contribution in [0, 0.1) is 0 Å². The van der Waals surface area contributed by atoms with Crippen molar-refractivity contribution in [3.63, 3.8) is 0 Å². The molecular formula is C15H30N2O2. The Balaban J connectivity index is 2.85. The molecule has 2 atom stereocenters. The zero-order valence-corrected chi connectivity index (χ0v) is 13.4. The fourth-order valence-electron chi connectivity index (χ4n) is 2.75. The second-order valence-corrected chi connectivity index (χ2v) is 6.26. The van der Waals surface area contributed by atoms with E-state index in [1.165, 1.54) is 0 Å². The van der Waals surface area contributed by atoms with E-state index in [-0.39, 0.29) is 17.7 Å². The molecule has 1 aliphatic heterocycles. The third kappa shape index (κ3) is 3.69. The van der Waals surface area contributed by atoms with Crippen LogP contribution in [0.25, 0.3) is 0 Å². The van der Waals surface area contributed by atoms with E-state index in [2.05, 4.69) is 19.2 Å². The number of nitrogens with one attached hydrogen (secondary N) is 1. The molecular weight excluding hydrogens is 240 g/mol. The average molecular weight is 270 g/mol. The van der Waals surface area contributed by atoms with Gasteiger partial charge in [-0.05, 0) is 40.5 Å². The molecule has 1 N–H and O–H groups in total. The van der Waals surface area contributed by atoms with Crippen LogP contribution in [0.15, 0.2) is 0 Å². The van der Waals surface area contributed by atoms with Crippen LogP contribution in [0.2, 0.25) is 0 Å². The molecule has 19 heavy (non-hydrogen) atoms. The molecule has 1 aliphatic rings. The third-order valence-corrected chi connectivity index (χ3v) is 3.95. The molecule has 0 aromatic rings. The van der Waals surface area contributed by atoms with Crippen LogP contribution in [0.4, 0.5) is 0 Å². The highest BCUT2D eigenvalue weighted by Gasteiger charge is 2.47. The average Bonchev–Trinajstić information content (AvgIpc) is 2.55. The fourth-order valence-corrected chi connectivity index (χ4v) is 2.75. The zero-order chi connectivity index (χ0) is 14.7. The summed E-state index contributed by atoms with van der Waals surface area (Å²) in [6, 6.07) is 0. The van der Waals surface area contributed by atoms with Crippen LogP contribution >= 0.6 is 0 Å². The van der Waals surface area contributed by atoms with Crippen molar-refractivity contribution in [2.75, 3.05) is 13.2 Å². The molecule has 1 rings (SSSR count). The summed E-state index contributed by atoms with van der Waals surface area (Å²) in [5.41, 5.74) is -0.709. The summed E-state index contributed by atoms with van der Waals surface area (Å²) in [5, 5.41) is 3.50. The zero-order valence-electron chi connectivity index (χ0n) is 13.4. The lowest BCUT2D eigenvalue weighted by Crippen LogP contribution is -2.47. The molecule has 2 unspecified atom stereocenters. The van der Waals surface area contributed by atoms with E-state index in [0.717, 1.165) is 19.3 Å². The molecule has 1 saturated heterocycles. The minimum absolute atomic E-state index is 0.141. The highest BCUT2D eigenvalue weighted by atomic mass is 16.5. The summed E-state index contributed by atoms with van der Waals surface area (Å²) in [4.78, 5) is 14.6. The van der Waals surface area contributed by atoms with Crippen molar-refractivity contribution in [1.82, 2.24) is 10.2 Å². The fraction of sp³-hybridized carbons (Fsp3) is 0.933. The van der Waals surface area contributed by atoms with Gasteiger partial charge in [0.1, 0.15) is 0 Å². The highest BCUT2D eigenvalue weighted by molar-refractivity contribution is 5.88. The molecule has 0 spiro atoms. The van der Waals surface area contributed by atoms with E-state index < -0.39 is 5.54 Å². The molecule has 1 fully saturated rings. The molecule has 0 bridgehead atoms. The van der Waals surface area contributed by atoms with Crippen LogP contribution in [-0.4, -0.2) is 41.3 Å². The molecule has 0 aromatic heterocycles. The van der Waals surface area contributed by atoms with Gasteiger partial charge in [0.25, 0.3) is 0 Å². The summed E-state index contributed by atoms with van der Waals surface area (Å²) in [6.07, 6.45) is 3.01. The van der Waals surface area contributed by atoms with Crippen LogP contribution in [0.5, 0.6) is 0 Å². The molecule has 1 heterocycles. The quantitative estimate of drug-likeness (QED) is 0.773. The van der Waals surface area contributed by atoms with E-state index in [0.29, 0.717) is 13.2 Å². The first-order chi connectivity index (χ1) is 8.79. The number of carbonyl (C=O) groups excluding carboxylic acids is 1. The van der Waals surface area contributed by atoms with Crippen LogP contribution in [0.1, 0.15) is 60.8 Å². The summed E-state index contributed by atoms with van der Waals surface area (Å²) in [5.74, 6) is 0.209. The standard InChI is InChI=1S/C15H30N2O2/c1-7-10-12-16-15(6,8-2)13(18)17(12)11-14(4,5)19-9-3/h12,16H,7-11H2,1-6H3. The molecule has 0 radical (unpaired) electrons. The Hall–Kier alpha value is -0.610. The van der Waals surface area contributed by atoms with Gasteiger partial charge in [-0.25, -0.2) is 0 Å². The minimum atomic E-state index is -0.415. The van der Waals surface area contributed by atoms with Crippen molar-refractivity contribution in [2.45, 2.75) is 78.1 Å². The second-order valence-electron chi connectivity index (χ2n) is 6.26. The Morgan fingerprint density at radius 2 is 2.00 bits per heavy atom. The number of hydrogen-bond acceptors (Lipinski definition) is 3. The summed E-state index contributed by atoms with van der Waals surface area (Å²) >= 11 is 0. The lowest BCUT2D eigenvalue weighted by molar-refractivity contribution is -0.137. The van der Waals surface area contributed by atoms with Crippen LogP contribution in [0.3, 0.4) is 0 Å². The van der Waals surface area contributed by atoms with Crippen LogP contribution in [-0.2, 0) is 9.53 Å². The normalized spacial score (nSPS) is 28.2. The van der Waals surface area contributed by atoms with Gasteiger partial charge in [0, 0.05) is 6.61 Å². The number of hydrogen-bond donors (Lipinski definition) is 1. The number of carbonyl (C=O) groups is 1. The van der Waals surface area contributed by atoms with Crippen LogP contribution < -0.4 is 5.32 Å². The SMILES string of the molecule is CCCC1NC(C)(CC)C(=O)N1CC(C)(C)OCC. The Bertz CT molecular complexity index is 317. The summed E-state index contributed by atoms with van der Waals surface area (Å²) < 4.78 is 5.75. The van der Waals surface area contributed by atoms with Gasteiger partial charge < -0.3 is 9.64 Å². The van der Waals surface area contributed by atoms with Crippen molar-refractivity contribution in [3.05, 3.63) is 0 Å². The minimum Gasteiger partial charge on any atom is -0.374 e. The maximum Gasteiger partial charge on any atom is 0.243 e. The molecule has 4 nitrogen and oxygen atoms in total. The van der Waals surface area contributed by atoms with E-state index in [4.69, 9.17) is 4.74 Å². The van der Waals surface area contributed by atoms with Gasteiger partial charge in [-0.3, -0.25) is 10.1 Å². The number of nitrogens with zero attached hydrogens (tertiary/aromatic N) is 1. The first kappa shape index (κ1) is 16.4. The Labute approximate surface area is 117 Å². The molecule has 4 heteroatoms. The number of rotatable bonds is 7. The van der Waals surface area contributed by atoms with Crippen molar-refractivity contribution in [1.29, 1.82) is 0 Å². The molecule has 1 amide bonds. The van der Waals surface area contributed by atoms with E-state index >= 15 is 0 Å². The van der Waals surface area contributed by atoms with Crippen molar-refractivity contribution >= 4 is 5.91 Å². The van der Waals surface area contributed by atoms with Crippen molar-refractivity contribution in [3.8, 4) is 0 Å². The van der Waals surface area contributed by atoms with E-state index in [1.807, 2.05) is 32.6 Å². The van der Waals surface area contributed by atoms with Gasteiger partial charge >= 0.3 is 0 Å². The van der Waals surface area contributed by atoms with Gasteiger partial charge in [-0.2, -0.15) is 0 Å². The van der Waals surface area contributed by atoms with E-state index in [9.17, 15) is 4.79 Å². The van der Waals surface area contributed by atoms with Gasteiger partial charge in [-0.15, -0.1) is 0 Å². The highest BCUT2D eigenvalue weighted by Crippen LogP contribution is 2.28. The van der Waals surface area contributed by atoms with Crippen molar-refractivity contribution in [2.24, 2.45) is 0 Å². The monoisotopic (exact) mass is 270 g/mol. The third-order valence-electron chi connectivity index (χ3n) is 3.95. The Kier molecular flexibility index (Phi) is 5.39. The first-order valence-electron chi connectivity index (χ1n) is 7.52. The van der Waals surface area contributed by atoms with E-state index in [1.54, 1.807) is 0 Å². The van der Waals surface area contributed by atoms with Gasteiger partial charge in [0.2, 0.25) is 5.91 Å². The maximum absolute atomic E-state index is 12.6. The molecule has 0 aliphatic carbocycles. The number of amides is 1. The van der Waals surface area contributed by atoms with Gasteiger partial charge in [0.15, 0.2) is 0 Å². The topological polar surface area (TPSA) is 41.6 Å². The lowest BCUT2D eigenvalue weighted by Gasteiger charge is -2.33. The molecule has 112 valence electrons. The lowest BCUT2D eigenvalue weighted by atomic mass is 9.99. The van der Waals surface area contributed by atoms with Crippen molar-refractivity contribution < 1.29 is 9.53 Å². The van der Waals surface area contributed by atoms with Gasteiger partial charge in [0.05, 0.1) is 23.9 Å². The Morgan fingerprint density at radius 1 is 1.37 bits per heavy atom. The predicted molar refractivity (Wildman–Crippen MR) is 77.9 cm³/mol. The number of ether oxygens (including phenoxy) is 1. The smallest absolute Gasteiger partial charge is 0.243 e. The molecule has 0 saturated carbocycles. The summed E-state index contributed by atoms with van der Waals surface area (Å²) in [6.45, 7) is 13.6. The van der Waals surface area contributed by atoms with Gasteiger partial charge in [-0.1, -0.05) is 20.3 Å². The Morgan fingerprint density at radius 3 is 2.47 bits per heavy atom. The molecule has 0 aromatic carbocycles. The summed E-state index contributed by atoms with van der Waals surface area (Å²) in [7, 11) is 0. The predicted octanol–water partition coefficient (Wildman–Crippen LogP) is 2.53. The first-order valence-corrected chi connectivity index (χ1v) is 7.52. The maximum atomic E-state index is 12.6. The second kappa shape index (κ2) is 6.23.